The Kier molecular flexibility index (Phi) is 5.67. The lowest BCUT2D eigenvalue weighted by Crippen LogP contribution is -2.36. The van der Waals surface area contributed by atoms with Gasteiger partial charge in [0.2, 0.25) is 5.91 Å². The summed E-state index contributed by atoms with van der Waals surface area (Å²) in [5.74, 6) is -0.333. The number of hydrogen-bond donors (Lipinski definition) is 1. The second kappa shape index (κ2) is 8.14. The van der Waals surface area contributed by atoms with Gasteiger partial charge in [0.15, 0.2) is 0 Å². The van der Waals surface area contributed by atoms with Crippen molar-refractivity contribution in [2.75, 3.05) is 18.7 Å². The molecule has 2 aromatic rings. The van der Waals surface area contributed by atoms with Gasteiger partial charge >= 0.3 is 0 Å². The number of hydrogen-bond acceptors (Lipinski definition) is 6. The van der Waals surface area contributed by atoms with Gasteiger partial charge in [-0.15, -0.1) is 11.8 Å². The van der Waals surface area contributed by atoms with Crippen molar-refractivity contribution in [2.24, 2.45) is 10.9 Å². The number of carbonyl (C=O) groups excluding carboxylic acids is 1. The molecule has 2 atom stereocenters. The first-order chi connectivity index (χ1) is 13.1. The van der Waals surface area contributed by atoms with Crippen molar-refractivity contribution in [3.05, 3.63) is 59.0 Å². The number of nitriles is 1. The Morgan fingerprint density at radius 2 is 2.11 bits per heavy atom. The Hall–Kier alpha value is -2.98. The van der Waals surface area contributed by atoms with Crippen molar-refractivity contribution < 1.29 is 13.9 Å². The third-order valence-electron chi connectivity index (χ3n) is 4.41. The number of aliphatic imine (C=N–C) groups is 1. The van der Waals surface area contributed by atoms with E-state index >= 15 is 0 Å². The number of methoxy groups -OCH3 is 1. The van der Waals surface area contributed by atoms with Crippen molar-refractivity contribution in [3.63, 3.8) is 0 Å². The van der Waals surface area contributed by atoms with Crippen LogP contribution >= 0.6 is 11.8 Å². The molecule has 2 heterocycles. The fourth-order valence-electron chi connectivity index (χ4n) is 3.18. The Balaban J connectivity index is 2.02. The highest BCUT2D eigenvalue weighted by molar-refractivity contribution is 8.02. The first-order valence-corrected chi connectivity index (χ1v) is 9.53. The molecular formula is C20H19N3O3S. The maximum atomic E-state index is 13.2. The van der Waals surface area contributed by atoms with Crippen molar-refractivity contribution in [1.82, 2.24) is 0 Å². The van der Waals surface area contributed by atoms with E-state index in [2.05, 4.69) is 16.4 Å². The number of thioether (sulfide) groups is 1. The lowest BCUT2D eigenvalue weighted by atomic mass is 9.79. The number of nitrogens with zero attached hydrogens (tertiary/aromatic N) is 2. The van der Waals surface area contributed by atoms with Gasteiger partial charge in [0.25, 0.3) is 0 Å². The van der Waals surface area contributed by atoms with Crippen LogP contribution < -0.4 is 10.1 Å². The normalized spacial score (nSPS) is 19.3. The topological polar surface area (TPSA) is 87.6 Å². The van der Waals surface area contributed by atoms with E-state index in [9.17, 15) is 10.1 Å². The molecule has 0 saturated heterocycles. The van der Waals surface area contributed by atoms with Gasteiger partial charge in [-0.1, -0.05) is 12.1 Å². The fourth-order valence-corrected chi connectivity index (χ4v) is 3.81. The van der Waals surface area contributed by atoms with E-state index in [4.69, 9.17) is 9.15 Å². The zero-order valence-corrected chi connectivity index (χ0v) is 16.0. The molecule has 0 bridgehead atoms. The molecule has 0 fully saturated rings. The molecule has 3 rings (SSSR count). The summed E-state index contributed by atoms with van der Waals surface area (Å²) in [5.41, 5.74) is 1.63. The van der Waals surface area contributed by atoms with Crippen molar-refractivity contribution >= 4 is 29.1 Å². The Morgan fingerprint density at radius 3 is 2.74 bits per heavy atom. The van der Waals surface area contributed by atoms with E-state index in [1.54, 1.807) is 44.6 Å². The third-order valence-corrected chi connectivity index (χ3v) is 5.11. The quantitative estimate of drug-likeness (QED) is 0.839. The van der Waals surface area contributed by atoms with Crippen LogP contribution in [0.25, 0.3) is 0 Å². The lowest BCUT2D eigenvalue weighted by molar-refractivity contribution is -0.118. The molecule has 7 heteroatoms. The minimum Gasteiger partial charge on any atom is -0.495 e. The standard InChI is InChI=1S/C20H19N3O3S/c1-12-17(19(24)23-14-7-4-5-8-15(14)25-2)18(16-9-6-10-26-16)13(11-21)20(22-12)27-3/h4-10,17-18H,1-3H3,(H,23,24)/t17?,18-/m0/s1. The molecule has 0 aliphatic carbocycles. The van der Waals surface area contributed by atoms with Gasteiger partial charge in [0.1, 0.15) is 16.5 Å². The highest BCUT2D eigenvalue weighted by atomic mass is 32.2. The third kappa shape index (κ3) is 3.62. The average molecular weight is 381 g/mol. The van der Waals surface area contributed by atoms with Gasteiger partial charge in [-0.2, -0.15) is 5.26 Å². The second-order valence-electron chi connectivity index (χ2n) is 5.95. The number of rotatable bonds is 5. The number of ether oxygens (including phenoxy) is 1. The van der Waals surface area contributed by atoms with Crippen LogP contribution in [0, 0.1) is 17.2 Å². The molecule has 0 spiro atoms. The number of carbonyl (C=O) groups is 1. The number of anilines is 1. The van der Waals surface area contributed by atoms with Gasteiger partial charge in [-0.05, 0) is 37.4 Å². The van der Waals surface area contributed by atoms with E-state index in [1.165, 1.54) is 11.8 Å². The summed E-state index contributed by atoms with van der Waals surface area (Å²) in [6.07, 6.45) is 3.40. The molecule has 1 amide bonds. The first kappa shape index (κ1) is 18.8. The number of furan rings is 1. The fraction of sp³-hybridized carbons (Fsp3) is 0.250. The monoisotopic (exact) mass is 381 g/mol. The van der Waals surface area contributed by atoms with Gasteiger partial charge in [0, 0.05) is 5.71 Å². The van der Waals surface area contributed by atoms with E-state index in [0.717, 1.165) is 0 Å². The van der Waals surface area contributed by atoms with Crippen LogP contribution in [0.3, 0.4) is 0 Å². The number of allylic oxidation sites excluding steroid dienone is 1. The summed E-state index contributed by atoms with van der Waals surface area (Å²) in [6, 6.07) is 12.9. The average Bonchev–Trinajstić information content (AvgIpc) is 3.21. The minimum absolute atomic E-state index is 0.268. The predicted octanol–water partition coefficient (Wildman–Crippen LogP) is 4.20. The summed E-state index contributed by atoms with van der Waals surface area (Å²) < 4.78 is 10.9. The lowest BCUT2D eigenvalue weighted by Gasteiger charge is -2.29. The maximum Gasteiger partial charge on any atom is 0.234 e. The van der Waals surface area contributed by atoms with E-state index in [0.29, 0.717) is 33.5 Å². The zero-order valence-electron chi connectivity index (χ0n) is 15.2. The molecule has 1 aliphatic heterocycles. The predicted molar refractivity (Wildman–Crippen MR) is 106 cm³/mol. The zero-order chi connectivity index (χ0) is 19.4. The SMILES string of the molecule is COc1ccccc1NC(=O)C1C(C)=NC(SC)=C(C#N)[C@H]1c1ccco1. The summed E-state index contributed by atoms with van der Waals surface area (Å²) in [5, 5.41) is 13.3. The molecule has 1 unspecified atom stereocenters. The molecule has 0 radical (unpaired) electrons. The van der Waals surface area contributed by atoms with Crippen LogP contribution in [0.2, 0.25) is 0 Å². The van der Waals surface area contributed by atoms with Crippen LogP contribution in [0.5, 0.6) is 5.75 Å². The second-order valence-corrected chi connectivity index (χ2v) is 6.74. The van der Waals surface area contributed by atoms with Gasteiger partial charge in [0.05, 0.1) is 42.5 Å². The van der Waals surface area contributed by atoms with Crippen LogP contribution in [0.1, 0.15) is 18.6 Å². The summed E-state index contributed by atoms with van der Waals surface area (Å²) in [7, 11) is 1.55. The summed E-state index contributed by atoms with van der Waals surface area (Å²) >= 11 is 1.38. The highest BCUT2D eigenvalue weighted by Gasteiger charge is 2.41. The number of nitrogens with one attached hydrogen (secondary N) is 1. The van der Waals surface area contributed by atoms with Crippen molar-refractivity contribution in [1.29, 1.82) is 5.26 Å². The molecule has 1 aromatic heterocycles. The Morgan fingerprint density at radius 1 is 1.33 bits per heavy atom. The van der Waals surface area contributed by atoms with Gasteiger partial charge in [-0.3, -0.25) is 4.79 Å². The number of benzene rings is 1. The van der Waals surface area contributed by atoms with Crippen molar-refractivity contribution in [2.45, 2.75) is 12.8 Å². The molecule has 6 nitrogen and oxygen atoms in total. The number of amides is 1. The minimum atomic E-state index is -0.661. The molecule has 1 aliphatic rings. The maximum absolute atomic E-state index is 13.2. The van der Waals surface area contributed by atoms with E-state index < -0.39 is 11.8 Å². The Labute approximate surface area is 161 Å². The van der Waals surface area contributed by atoms with Gasteiger partial charge < -0.3 is 14.5 Å². The highest BCUT2D eigenvalue weighted by Crippen LogP contribution is 2.42. The van der Waals surface area contributed by atoms with Gasteiger partial charge in [-0.25, -0.2) is 4.99 Å². The largest absolute Gasteiger partial charge is 0.495 e. The Bertz CT molecular complexity index is 942. The van der Waals surface area contributed by atoms with Crippen LogP contribution in [0.4, 0.5) is 5.69 Å². The molecule has 1 aromatic carbocycles. The van der Waals surface area contributed by atoms with Crippen LogP contribution in [-0.4, -0.2) is 25.0 Å². The van der Waals surface area contributed by atoms with Crippen LogP contribution in [-0.2, 0) is 4.79 Å². The smallest absolute Gasteiger partial charge is 0.234 e. The van der Waals surface area contributed by atoms with Crippen LogP contribution in [0.15, 0.2) is 62.7 Å². The summed E-state index contributed by atoms with van der Waals surface area (Å²) in [6.45, 7) is 1.80. The molecule has 138 valence electrons. The molecular weight excluding hydrogens is 362 g/mol. The summed E-state index contributed by atoms with van der Waals surface area (Å²) in [4.78, 5) is 17.7. The number of para-hydroxylation sites is 2. The molecule has 0 saturated carbocycles. The van der Waals surface area contributed by atoms with E-state index in [-0.39, 0.29) is 5.91 Å². The molecule has 1 N–H and O–H groups in total. The first-order valence-electron chi connectivity index (χ1n) is 8.31. The molecule has 27 heavy (non-hydrogen) atoms. The van der Waals surface area contributed by atoms with Crippen molar-refractivity contribution in [3.8, 4) is 11.8 Å². The van der Waals surface area contributed by atoms with E-state index in [1.807, 2.05) is 18.4 Å².